The third-order valence-corrected chi connectivity index (χ3v) is 3.12. The summed E-state index contributed by atoms with van der Waals surface area (Å²) in [6, 6.07) is 5.41. The first kappa shape index (κ1) is 13.8. The van der Waals surface area contributed by atoms with Crippen molar-refractivity contribution in [1.82, 2.24) is 15.3 Å². The first-order valence-electron chi connectivity index (χ1n) is 6.46. The molecule has 3 N–H and O–H groups in total. The Hall–Kier alpha value is -1.66. The molecule has 6 heteroatoms. The number of carbonyl (C=O) groups excluding carboxylic acids is 1. The number of amides is 1. The Morgan fingerprint density at radius 3 is 3.11 bits per heavy atom. The molecule has 1 atom stereocenters. The van der Waals surface area contributed by atoms with Crippen molar-refractivity contribution < 1.29 is 9.90 Å². The number of aromatic nitrogens is 1. The molecule has 6 nitrogen and oxygen atoms in total. The topological polar surface area (TPSA) is 77.5 Å². The third kappa shape index (κ3) is 4.50. The molecule has 1 amide bonds. The molecule has 1 saturated heterocycles. The number of aliphatic hydroxyl groups is 1. The van der Waals surface area contributed by atoms with Crippen molar-refractivity contribution in [2.24, 2.45) is 0 Å². The van der Waals surface area contributed by atoms with Crippen LogP contribution in [0.2, 0.25) is 0 Å². The molecule has 19 heavy (non-hydrogen) atoms. The van der Waals surface area contributed by atoms with Gasteiger partial charge in [-0.25, -0.2) is 4.98 Å². The molecule has 1 unspecified atom stereocenters. The number of likely N-dealkylation sites (tertiary alicyclic amines) is 1. The molecule has 2 heterocycles. The summed E-state index contributed by atoms with van der Waals surface area (Å²) in [5.74, 6) is 0.463. The number of hydrogen-bond acceptors (Lipinski definition) is 5. The summed E-state index contributed by atoms with van der Waals surface area (Å²) in [6.07, 6.45) is 3.35. The number of β-amino-alcohol motifs (C(OH)–C–C–N with tert-alkyl or cyclic N) is 1. The number of hydrazine groups is 1. The number of pyridine rings is 1. The van der Waals surface area contributed by atoms with Gasteiger partial charge in [-0.15, -0.1) is 0 Å². The number of hydrogen-bond donors (Lipinski definition) is 3. The SMILES string of the molecule is CC1(O)CCCN(CC(=O)NNc2ccccn2)C1. The van der Waals surface area contributed by atoms with Crippen molar-refractivity contribution in [1.29, 1.82) is 0 Å². The Bertz CT molecular complexity index is 422. The molecule has 0 aromatic carbocycles. The maximum absolute atomic E-state index is 11.8. The summed E-state index contributed by atoms with van der Waals surface area (Å²) >= 11 is 0. The van der Waals surface area contributed by atoms with Crippen molar-refractivity contribution in [3.05, 3.63) is 24.4 Å². The minimum absolute atomic E-state index is 0.136. The highest BCUT2D eigenvalue weighted by Crippen LogP contribution is 2.19. The van der Waals surface area contributed by atoms with Gasteiger partial charge < -0.3 is 5.11 Å². The fourth-order valence-corrected chi connectivity index (χ4v) is 2.27. The highest BCUT2D eigenvalue weighted by Gasteiger charge is 2.29. The van der Waals surface area contributed by atoms with E-state index >= 15 is 0 Å². The second-order valence-electron chi connectivity index (χ2n) is 5.20. The molecular weight excluding hydrogens is 244 g/mol. The number of nitrogens with zero attached hydrogens (tertiary/aromatic N) is 2. The van der Waals surface area contributed by atoms with Crippen LogP contribution >= 0.6 is 0 Å². The van der Waals surface area contributed by atoms with Crippen LogP contribution in [0.3, 0.4) is 0 Å². The van der Waals surface area contributed by atoms with Crippen LogP contribution < -0.4 is 10.9 Å². The molecule has 2 rings (SSSR count). The zero-order valence-corrected chi connectivity index (χ0v) is 11.1. The van der Waals surface area contributed by atoms with Crippen LogP contribution in [0.15, 0.2) is 24.4 Å². The van der Waals surface area contributed by atoms with Gasteiger partial charge in [0.15, 0.2) is 0 Å². The van der Waals surface area contributed by atoms with Crippen LogP contribution in [0.1, 0.15) is 19.8 Å². The zero-order chi connectivity index (χ0) is 13.7. The van der Waals surface area contributed by atoms with Crippen molar-refractivity contribution in [3.8, 4) is 0 Å². The second kappa shape index (κ2) is 5.99. The van der Waals surface area contributed by atoms with Crippen molar-refractivity contribution in [2.45, 2.75) is 25.4 Å². The molecular formula is C13H20N4O2. The second-order valence-corrected chi connectivity index (χ2v) is 5.20. The predicted molar refractivity (Wildman–Crippen MR) is 72.3 cm³/mol. The first-order valence-corrected chi connectivity index (χ1v) is 6.46. The normalized spacial score (nSPS) is 23.9. The first-order chi connectivity index (χ1) is 9.05. The van der Waals surface area contributed by atoms with Crippen LogP contribution in [-0.2, 0) is 4.79 Å². The van der Waals surface area contributed by atoms with Gasteiger partial charge in [0, 0.05) is 12.7 Å². The van der Waals surface area contributed by atoms with E-state index < -0.39 is 5.60 Å². The van der Waals surface area contributed by atoms with E-state index in [4.69, 9.17) is 0 Å². The Kier molecular flexibility index (Phi) is 4.34. The molecule has 1 fully saturated rings. The average Bonchev–Trinajstić information content (AvgIpc) is 2.36. The minimum Gasteiger partial charge on any atom is -0.389 e. The third-order valence-electron chi connectivity index (χ3n) is 3.12. The summed E-state index contributed by atoms with van der Waals surface area (Å²) in [5.41, 5.74) is 4.67. The average molecular weight is 264 g/mol. The summed E-state index contributed by atoms with van der Waals surface area (Å²) in [7, 11) is 0. The van der Waals surface area contributed by atoms with Gasteiger partial charge in [-0.1, -0.05) is 6.07 Å². The lowest BCUT2D eigenvalue weighted by Crippen LogP contribution is -2.49. The molecule has 1 aliphatic rings. The van der Waals surface area contributed by atoms with Gasteiger partial charge in [0.25, 0.3) is 5.91 Å². The highest BCUT2D eigenvalue weighted by molar-refractivity contribution is 5.79. The van der Waals surface area contributed by atoms with Gasteiger partial charge in [0.05, 0.1) is 12.1 Å². The monoisotopic (exact) mass is 264 g/mol. The maximum Gasteiger partial charge on any atom is 0.252 e. The van der Waals surface area contributed by atoms with Gasteiger partial charge in [-0.3, -0.25) is 20.5 Å². The Balaban J connectivity index is 1.75. The molecule has 0 saturated carbocycles. The van der Waals surface area contributed by atoms with Crippen LogP contribution in [0.5, 0.6) is 0 Å². The van der Waals surface area contributed by atoms with Gasteiger partial charge in [0.1, 0.15) is 5.82 Å². The zero-order valence-electron chi connectivity index (χ0n) is 11.1. The molecule has 1 aliphatic heterocycles. The molecule has 0 spiro atoms. The lowest BCUT2D eigenvalue weighted by molar-refractivity contribution is -0.123. The van der Waals surface area contributed by atoms with Crippen LogP contribution in [0.25, 0.3) is 0 Å². The van der Waals surface area contributed by atoms with E-state index in [1.165, 1.54) is 0 Å². The van der Waals surface area contributed by atoms with E-state index in [1.807, 2.05) is 24.0 Å². The van der Waals surface area contributed by atoms with E-state index in [-0.39, 0.29) is 12.5 Å². The Labute approximate surface area is 112 Å². The number of anilines is 1. The van der Waals surface area contributed by atoms with E-state index in [9.17, 15) is 9.90 Å². The summed E-state index contributed by atoms with van der Waals surface area (Å²) in [6.45, 7) is 3.45. The Morgan fingerprint density at radius 2 is 2.42 bits per heavy atom. The van der Waals surface area contributed by atoms with E-state index in [0.717, 1.165) is 19.4 Å². The van der Waals surface area contributed by atoms with Crippen molar-refractivity contribution >= 4 is 11.7 Å². The minimum atomic E-state index is -0.688. The van der Waals surface area contributed by atoms with Gasteiger partial charge in [-0.05, 0) is 38.4 Å². The van der Waals surface area contributed by atoms with Gasteiger partial charge in [0.2, 0.25) is 0 Å². The molecule has 0 bridgehead atoms. The van der Waals surface area contributed by atoms with Crippen LogP contribution in [0, 0.1) is 0 Å². The largest absolute Gasteiger partial charge is 0.389 e. The number of rotatable bonds is 4. The summed E-state index contributed by atoms with van der Waals surface area (Å²) in [4.78, 5) is 17.8. The van der Waals surface area contributed by atoms with E-state index in [1.54, 1.807) is 12.3 Å². The van der Waals surface area contributed by atoms with E-state index in [2.05, 4.69) is 15.8 Å². The highest BCUT2D eigenvalue weighted by atomic mass is 16.3. The quantitative estimate of drug-likeness (QED) is 0.685. The molecule has 0 aliphatic carbocycles. The standard InChI is InChI=1S/C13H20N4O2/c1-13(19)6-4-8-17(10-13)9-12(18)16-15-11-5-2-3-7-14-11/h2-3,5,7,19H,4,6,8-10H2,1H3,(H,14,15)(H,16,18). The predicted octanol–water partition coefficient (Wildman–Crippen LogP) is 0.371. The molecule has 1 aromatic rings. The lowest BCUT2D eigenvalue weighted by Gasteiger charge is -2.36. The number of carbonyl (C=O) groups is 1. The number of piperidine rings is 1. The van der Waals surface area contributed by atoms with Crippen LogP contribution in [-0.4, -0.2) is 46.1 Å². The van der Waals surface area contributed by atoms with Crippen molar-refractivity contribution in [2.75, 3.05) is 25.1 Å². The maximum atomic E-state index is 11.8. The fraction of sp³-hybridized carbons (Fsp3) is 0.538. The Morgan fingerprint density at radius 1 is 1.58 bits per heavy atom. The van der Waals surface area contributed by atoms with Gasteiger partial charge >= 0.3 is 0 Å². The summed E-state index contributed by atoms with van der Waals surface area (Å²) < 4.78 is 0. The van der Waals surface area contributed by atoms with Crippen molar-refractivity contribution in [3.63, 3.8) is 0 Å². The molecule has 0 radical (unpaired) electrons. The fourth-order valence-electron chi connectivity index (χ4n) is 2.27. The molecule has 1 aromatic heterocycles. The van der Waals surface area contributed by atoms with E-state index in [0.29, 0.717) is 12.4 Å². The molecule has 104 valence electrons. The summed E-state index contributed by atoms with van der Waals surface area (Å²) in [5, 5.41) is 9.97. The smallest absolute Gasteiger partial charge is 0.252 e. The van der Waals surface area contributed by atoms with Crippen LogP contribution in [0.4, 0.5) is 5.82 Å². The number of nitrogens with one attached hydrogen (secondary N) is 2. The van der Waals surface area contributed by atoms with Gasteiger partial charge in [-0.2, -0.15) is 0 Å². The lowest BCUT2D eigenvalue weighted by atomic mass is 9.95.